The van der Waals surface area contributed by atoms with Gasteiger partial charge in [0.2, 0.25) is 5.91 Å². The van der Waals surface area contributed by atoms with Gasteiger partial charge in [0.15, 0.2) is 0 Å². The maximum Gasteiger partial charge on any atom is 0.224 e. The summed E-state index contributed by atoms with van der Waals surface area (Å²) in [6, 6.07) is 13.9. The van der Waals surface area contributed by atoms with Crippen molar-refractivity contribution in [2.75, 3.05) is 26.2 Å². The fourth-order valence-electron chi connectivity index (χ4n) is 4.73. The van der Waals surface area contributed by atoms with Gasteiger partial charge in [0.25, 0.3) is 0 Å². The van der Waals surface area contributed by atoms with E-state index in [4.69, 9.17) is 0 Å². The van der Waals surface area contributed by atoms with E-state index in [1.807, 2.05) is 30.3 Å². The summed E-state index contributed by atoms with van der Waals surface area (Å²) in [5.41, 5.74) is 2.06. The highest BCUT2D eigenvalue weighted by Gasteiger charge is 2.31. The Kier molecular flexibility index (Phi) is 6.97. The van der Waals surface area contributed by atoms with Crippen LogP contribution in [0.25, 0.3) is 0 Å². The molecule has 1 aromatic carbocycles. The highest BCUT2D eigenvalue weighted by molar-refractivity contribution is 5.78. The average Bonchev–Trinajstić information content (AvgIpc) is 2.79. The molecule has 2 aromatic rings. The molecule has 0 radical (unpaired) electrons. The SMILES string of the molecule is O=C(NCc1ccccn1)C1CCCN(C2CCN(Cc3cccc(O)c3)CC2)C1. The van der Waals surface area contributed by atoms with Gasteiger partial charge in [-0.15, -0.1) is 0 Å². The van der Waals surface area contributed by atoms with Gasteiger partial charge >= 0.3 is 0 Å². The van der Waals surface area contributed by atoms with Gasteiger partial charge in [-0.05, 0) is 75.1 Å². The van der Waals surface area contributed by atoms with Crippen molar-refractivity contribution >= 4 is 5.91 Å². The van der Waals surface area contributed by atoms with Crippen LogP contribution in [0.4, 0.5) is 0 Å². The molecule has 4 rings (SSSR count). The summed E-state index contributed by atoms with van der Waals surface area (Å²) in [5.74, 6) is 0.572. The van der Waals surface area contributed by atoms with E-state index in [-0.39, 0.29) is 11.8 Å². The Morgan fingerprint density at radius 3 is 2.73 bits per heavy atom. The van der Waals surface area contributed by atoms with Crippen molar-refractivity contribution < 1.29 is 9.90 Å². The van der Waals surface area contributed by atoms with Crippen LogP contribution in [0.15, 0.2) is 48.7 Å². The number of benzene rings is 1. The van der Waals surface area contributed by atoms with Crippen LogP contribution < -0.4 is 5.32 Å². The Labute approximate surface area is 178 Å². The number of nitrogens with zero attached hydrogens (tertiary/aromatic N) is 3. The number of nitrogens with one attached hydrogen (secondary N) is 1. The van der Waals surface area contributed by atoms with Crippen molar-refractivity contribution in [1.82, 2.24) is 20.1 Å². The Morgan fingerprint density at radius 2 is 1.97 bits per heavy atom. The van der Waals surface area contributed by atoms with Crippen LogP contribution in [-0.2, 0) is 17.9 Å². The number of aromatic hydroxyl groups is 1. The maximum atomic E-state index is 12.7. The summed E-state index contributed by atoms with van der Waals surface area (Å²) in [6.07, 6.45) is 6.10. The summed E-state index contributed by atoms with van der Waals surface area (Å²) in [4.78, 5) is 22.0. The fourth-order valence-corrected chi connectivity index (χ4v) is 4.73. The Bertz CT molecular complexity index is 821. The quantitative estimate of drug-likeness (QED) is 0.769. The number of likely N-dealkylation sites (tertiary alicyclic amines) is 2. The molecule has 2 aliphatic rings. The number of hydrogen-bond donors (Lipinski definition) is 2. The molecule has 1 amide bonds. The lowest BCUT2D eigenvalue weighted by Crippen LogP contribution is -2.50. The third-order valence-corrected chi connectivity index (χ3v) is 6.38. The maximum absolute atomic E-state index is 12.7. The molecule has 160 valence electrons. The lowest BCUT2D eigenvalue weighted by Gasteiger charge is -2.42. The summed E-state index contributed by atoms with van der Waals surface area (Å²) >= 11 is 0. The molecule has 2 saturated heterocycles. The average molecular weight is 409 g/mol. The van der Waals surface area contributed by atoms with E-state index in [0.29, 0.717) is 18.3 Å². The largest absolute Gasteiger partial charge is 0.508 e. The van der Waals surface area contributed by atoms with Crippen molar-refractivity contribution in [2.45, 2.75) is 44.8 Å². The molecule has 3 heterocycles. The van der Waals surface area contributed by atoms with Crippen molar-refractivity contribution in [3.05, 3.63) is 59.9 Å². The summed E-state index contributed by atoms with van der Waals surface area (Å²) < 4.78 is 0. The van der Waals surface area contributed by atoms with Crippen molar-refractivity contribution in [3.8, 4) is 5.75 Å². The number of aromatic nitrogens is 1. The number of phenols is 1. The molecule has 2 aliphatic heterocycles. The molecule has 2 N–H and O–H groups in total. The molecule has 0 spiro atoms. The molecule has 1 atom stereocenters. The van der Waals surface area contributed by atoms with E-state index in [2.05, 4.69) is 26.2 Å². The van der Waals surface area contributed by atoms with Crippen LogP contribution in [0.5, 0.6) is 5.75 Å². The van der Waals surface area contributed by atoms with E-state index < -0.39 is 0 Å². The monoisotopic (exact) mass is 408 g/mol. The zero-order valence-electron chi connectivity index (χ0n) is 17.5. The lowest BCUT2D eigenvalue weighted by atomic mass is 9.93. The predicted molar refractivity (Wildman–Crippen MR) is 117 cm³/mol. The zero-order valence-corrected chi connectivity index (χ0v) is 17.5. The molecule has 1 aromatic heterocycles. The van der Waals surface area contributed by atoms with Gasteiger partial charge in [0.1, 0.15) is 5.75 Å². The molecule has 1 unspecified atom stereocenters. The molecule has 0 bridgehead atoms. The number of carbonyl (C=O) groups excluding carboxylic acids is 1. The highest BCUT2D eigenvalue weighted by Crippen LogP contribution is 2.25. The first kappa shape index (κ1) is 20.8. The van der Waals surface area contributed by atoms with Crippen molar-refractivity contribution in [3.63, 3.8) is 0 Å². The van der Waals surface area contributed by atoms with Crippen LogP contribution >= 0.6 is 0 Å². The van der Waals surface area contributed by atoms with Gasteiger partial charge in [-0.3, -0.25) is 19.6 Å². The Morgan fingerprint density at radius 1 is 1.10 bits per heavy atom. The van der Waals surface area contributed by atoms with E-state index in [1.54, 1.807) is 12.3 Å². The molecule has 0 aliphatic carbocycles. The summed E-state index contributed by atoms with van der Waals surface area (Å²) in [6.45, 7) is 5.48. The molecular formula is C24H32N4O2. The van der Waals surface area contributed by atoms with E-state index in [9.17, 15) is 9.90 Å². The van der Waals surface area contributed by atoms with Crippen LogP contribution in [0.1, 0.15) is 36.9 Å². The Balaban J connectivity index is 1.23. The first-order valence-corrected chi connectivity index (χ1v) is 11.1. The van der Waals surface area contributed by atoms with Crippen molar-refractivity contribution in [2.24, 2.45) is 5.92 Å². The number of phenolic OH excluding ortho intramolecular Hbond substituents is 1. The molecule has 30 heavy (non-hydrogen) atoms. The van der Waals surface area contributed by atoms with E-state index >= 15 is 0 Å². The zero-order chi connectivity index (χ0) is 20.8. The molecule has 2 fully saturated rings. The second-order valence-corrected chi connectivity index (χ2v) is 8.55. The summed E-state index contributed by atoms with van der Waals surface area (Å²) in [5, 5.41) is 12.7. The van der Waals surface area contributed by atoms with Gasteiger partial charge in [-0.25, -0.2) is 0 Å². The highest BCUT2D eigenvalue weighted by atomic mass is 16.3. The number of hydrogen-bond acceptors (Lipinski definition) is 5. The second-order valence-electron chi connectivity index (χ2n) is 8.55. The molecule has 0 saturated carbocycles. The van der Waals surface area contributed by atoms with E-state index in [0.717, 1.165) is 69.7 Å². The number of amides is 1. The van der Waals surface area contributed by atoms with Crippen LogP contribution in [0.3, 0.4) is 0 Å². The lowest BCUT2D eigenvalue weighted by molar-refractivity contribution is -0.127. The minimum Gasteiger partial charge on any atom is -0.508 e. The van der Waals surface area contributed by atoms with Crippen LogP contribution in [-0.4, -0.2) is 58.0 Å². The Hall–Kier alpha value is -2.44. The smallest absolute Gasteiger partial charge is 0.224 e. The predicted octanol–water partition coefficient (Wildman–Crippen LogP) is 2.78. The van der Waals surface area contributed by atoms with Gasteiger partial charge in [-0.1, -0.05) is 18.2 Å². The number of piperidine rings is 2. The topological polar surface area (TPSA) is 68.7 Å². The fraction of sp³-hybridized carbons (Fsp3) is 0.500. The number of carbonyl (C=O) groups is 1. The number of pyridine rings is 1. The third kappa shape index (κ3) is 5.58. The molecular weight excluding hydrogens is 376 g/mol. The summed E-state index contributed by atoms with van der Waals surface area (Å²) in [7, 11) is 0. The molecule has 6 heteroatoms. The van der Waals surface area contributed by atoms with E-state index in [1.165, 1.54) is 0 Å². The second kappa shape index (κ2) is 10.0. The van der Waals surface area contributed by atoms with Gasteiger partial charge in [-0.2, -0.15) is 0 Å². The minimum atomic E-state index is 0.0767. The van der Waals surface area contributed by atoms with Gasteiger partial charge < -0.3 is 10.4 Å². The third-order valence-electron chi connectivity index (χ3n) is 6.38. The minimum absolute atomic E-state index is 0.0767. The van der Waals surface area contributed by atoms with Crippen LogP contribution in [0, 0.1) is 5.92 Å². The van der Waals surface area contributed by atoms with Gasteiger partial charge in [0, 0.05) is 25.3 Å². The van der Waals surface area contributed by atoms with Crippen molar-refractivity contribution in [1.29, 1.82) is 0 Å². The first-order valence-electron chi connectivity index (χ1n) is 11.1. The van der Waals surface area contributed by atoms with Gasteiger partial charge in [0.05, 0.1) is 18.2 Å². The standard InChI is InChI=1S/C24H32N4O2/c29-23-8-3-5-19(15-23)17-27-13-9-22(10-14-27)28-12-4-6-20(18-28)24(30)26-16-21-7-1-2-11-25-21/h1-3,5,7-8,11,15,20,22,29H,4,6,9-10,12-14,16-18H2,(H,26,30). The number of rotatable bonds is 6. The molecule has 6 nitrogen and oxygen atoms in total. The normalized spacial score (nSPS) is 21.4. The van der Waals surface area contributed by atoms with Crippen LogP contribution in [0.2, 0.25) is 0 Å². The first-order chi connectivity index (χ1) is 14.7.